The van der Waals surface area contributed by atoms with Gasteiger partial charge >= 0.3 is 0 Å². The topological polar surface area (TPSA) is 70.8 Å². The molecule has 2 aromatic heterocycles. The second-order valence-electron chi connectivity index (χ2n) is 6.37. The van der Waals surface area contributed by atoms with Gasteiger partial charge in [-0.1, -0.05) is 6.07 Å². The Kier molecular flexibility index (Phi) is 5.61. The van der Waals surface area contributed by atoms with Crippen molar-refractivity contribution in [3.8, 4) is 0 Å². The highest BCUT2D eigenvalue weighted by molar-refractivity contribution is 7.91. The van der Waals surface area contributed by atoms with Crippen LogP contribution in [0.5, 0.6) is 0 Å². The predicted octanol–water partition coefficient (Wildman–Crippen LogP) is 1.99. The van der Waals surface area contributed by atoms with E-state index in [0.29, 0.717) is 19.5 Å². The molecule has 1 unspecified atom stereocenters. The Morgan fingerprint density at radius 1 is 1.32 bits per heavy atom. The van der Waals surface area contributed by atoms with E-state index in [4.69, 9.17) is 4.42 Å². The molecule has 6 nitrogen and oxygen atoms in total. The van der Waals surface area contributed by atoms with Crippen LogP contribution < -0.4 is 0 Å². The average molecular weight is 383 g/mol. The first-order chi connectivity index (χ1) is 11.9. The largest absolute Gasteiger partial charge is 0.468 e. The fourth-order valence-corrected chi connectivity index (χ4v) is 5.52. The summed E-state index contributed by atoms with van der Waals surface area (Å²) in [5.74, 6) is 0.972. The smallest absolute Gasteiger partial charge is 0.236 e. The summed E-state index contributed by atoms with van der Waals surface area (Å²) in [6.45, 7) is 1.42. The molecule has 25 heavy (non-hydrogen) atoms. The van der Waals surface area contributed by atoms with Crippen LogP contribution in [0.4, 0.5) is 0 Å². The number of hydrogen-bond donors (Lipinski definition) is 0. The van der Waals surface area contributed by atoms with Crippen LogP contribution in [-0.2, 0) is 27.7 Å². The van der Waals surface area contributed by atoms with E-state index in [-0.39, 0.29) is 30.0 Å². The molecule has 1 fully saturated rings. The first-order valence-electron chi connectivity index (χ1n) is 8.16. The van der Waals surface area contributed by atoms with Crippen molar-refractivity contribution in [1.82, 2.24) is 9.80 Å². The fraction of sp³-hybridized carbons (Fsp3) is 0.471. The lowest BCUT2D eigenvalue weighted by Crippen LogP contribution is -2.43. The Balaban J connectivity index is 1.65. The summed E-state index contributed by atoms with van der Waals surface area (Å²) >= 11 is 1.65. The van der Waals surface area contributed by atoms with Gasteiger partial charge in [-0.25, -0.2) is 8.42 Å². The zero-order chi connectivity index (χ0) is 17.9. The molecule has 1 amide bonds. The first-order valence-corrected chi connectivity index (χ1v) is 10.9. The molecule has 136 valence electrons. The molecule has 3 rings (SSSR count). The molecule has 1 aliphatic heterocycles. The van der Waals surface area contributed by atoms with Crippen LogP contribution >= 0.6 is 11.3 Å². The van der Waals surface area contributed by atoms with Gasteiger partial charge in [0.05, 0.1) is 30.9 Å². The lowest BCUT2D eigenvalue weighted by Gasteiger charge is -2.27. The minimum Gasteiger partial charge on any atom is -0.468 e. The zero-order valence-corrected chi connectivity index (χ0v) is 15.8. The van der Waals surface area contributed by atoms with E-state index < -0.39 is 9.84 Å². The fourth-order valence-electron chi connectivity index (χ4n) is 3.00. The molecule has 0 aliphatic carbocycles. The maximum Gasteiger partial charge on any atom is 0.236 e. The Bertz CT molecular complexity index is 748. The van der Waals surface area contributed by atoms with Crippen LogP contribution in [0, 0.1) is 0 Å². The maximum absolute atomic E-state index is 12.7. The molecular formula is C17H22N2O4S2. The minimum atomic E-state index is -3.01. The number of likely N-dealkylation sites (N-methyl/N-ethyl adjacent to an activating group) is 1. The average Bonchev–Trinajstić information content (AvgIpc) is 3.29. The number of carbonyl (C=O) groups is 1. The minimum absolute atomic E-state index is 0.0646. The number of rotatable bonds is 7. The number of furan rings is 1. The molecule has 0 bridgehead atoms. The van der Waals surface area contributed by atoms with Crippen molar-refractivity contribution < 1.29 is 17.6 Å². The highest BCUT2D eigenvalue weighted by Gasteiger charge is 2.33. The summed E-state index contributed by atoms with van der Waals surface area (Å²) in [4.78, 5) is 17.5. The van der Waals surface area contributed by atoms with Gasteiger partial charge in [-0.15, -0.1) is 11.3 Å². The molecule has 0 saturated carbocycles. The van der Waals surface area contributed by atoms with Crippen LogP contribution in [0.2, 0.25) is 0 Å². The summed E-state index contributed by atoms with van der Waals surface area (Å²) in [6.07, 6.45) is 2.14. The molecule has 2 aromatic rings. The van der Waals surface area contributed by atoms with Gasteiger partial charge < -0.3 is 9.32 Å². The molecule has 0 N–H and O–H groups in total. The number of sulfone groups is 1. The van der Waals surface area contributed by atoms with Crippen molar-refractivity contribution in [2.75, 3.05) is 25.1 Å². The van der Waals surface area contributed by atoms with Gasteiger partial charge in [0.1, 0.15) is 5.76 Å². The van der Waals surface area contributed by atoms with E-state index in [0.717, 1.165) is 5.76 Å². The molecule has 0 radical (unpaired) electrons. The van der Waals surface area contributed by atoms with Crippen molar-refractivity contribution >= 4 is 27.1 Å². The predicted molar refractivity (Wildman–Crippen MR) is 97.0 cm³/mol. The summed E-state index contributed by atoms with van der Waals surface area (Å²) in [6, 6.07) is 7.53. The van der Waals surface area contributed by atoms with Crippen molar-refractivity contribution in [1.29, 1.82) is 0 Å². The van der Waals surface area contributed by atoms with Crippen molar-refractivity contribution in [2.24, 2.45) is 0 Å². The molecule has 1 atom stereocenters. The normalized spacial score (nSPS) is 19.4. The van der Waals surface area contributed by atoms with Gasteiger partial charge in [0, 0.05) is 24.5 Å². The third-order valence-corrected chi connectivity index (χ3v) is 7.04. The van der Waals surface area contributed by atoms with Gasteiger partial charge in [-0.2, -0.15) is 0 Å². The van der Waals surface area contributed by atoms with E-state index in [1.165, 1.54) is 4.88 Å². The van der Waals surface area contributed by atoms with Crippen LogP contribution in [-0.4, -0.2) is 55.3 Å². The Labute approximate surface area is 152 Å². The summed E-state index contributed by atoms with van der Waals surface area (Å²) in [5, 5.41) is 2.01. The van der Waals surface area contributed by atoms with Gasteiger partial charge in [0.2, 0.25) is 5.91 Å². The van der Waals surface area contributed by atoms with Crippen molar-refractivity contribution in [3.63, 3.8) is 0 Å². The summed E-state index contributed by atoms with van der Waals surface area (Å²) in [7, 11) is -1.31. The lowest BCUT2D eigenvalue weighted by molar-refractivity contribution is -0.133. The van der Waals surface area contributed by atoms with E-state index >= 15 is 0 Å². The SMILES string of the molecule is CN(C(=O)CN(Cc1ccco1)Cc1cccs1)C1CCS(=O)(=O)C1. The van der Waals surface area contributed by atoms with E-state index in [2.05, 4.69) is 0 Å². The van der Waals surface area contributed by atoms with Gasteiger partial charge in [0.25, 0.3) is 0 Å². The number of amides is 1. The molecule has 0 spiro atoms. The van der Waals surface area contributed by atoms with E-state index in [9.17, 15) is 13.2 Å². The molecule has 8 heteroatoms. The lowest BCUT2D eigenvalue weighted by atomic mass is 10.2. The Morgan fingerprint density at radius 3 is 2.76 bits per heavy atom. The number of carbonyl (C=O) groups excluding carboxylic acids is 1. The van der Waals surface area contributed by atoms with Crippen LogP contribution in [0.3, 0.4) is 0 Å². The Morgan fingerprint density at radius 2 is 2.16 bits per heavy atom. The number of thiophene rings is 1. The molecule has 0 aromatic carbocycles. The third kappa shape index (κ3) is 4.93. The van der Waals surface area contributed by atoms with Gasteiger partial charge in [-0.3, -0.25) is 9.69 Å². The van der Waals surface area contributed by atoms with Crippen LogP contribution in [0.15, 0.2) is 40.3 Å². The standard InChI is InChI=1S/C17H22N2O4S2/c1-18(14-6-9-25(21,22)13-14)17(20)12-19(10-15-4-2-7-23-15)11-16-5-3-8-24-16/h2-5,7-8,14H,6,9-13H2,1H3. The first kappa shape index (κ1) is 18.2. The zero-order valence-electron chi connectivity index (χ0n) is 14.1. The third-order valence-electron chi connectivity index (χ3n) is 4.43. The van der Waals surface area contributed by atoms with Crippen LogP contribution in [0.25, 0.3) is 0 Å². The molecular weight excluding hydrogens is 360 g/mol. The van der Waals surface area contributed by atoms with Crippen LogP contribution in [0.1, 0.15) is 17.1 Å². The highest BCUT2D eigenvalue weighted by atomic mass is 32.2. The van der Waals surface area contributed by atoms with Gasteiger partial charge in [0.15, 0.2) is 9.84 Å². The van der Waals surface area contributed by atoms with Crippen molar-refractivity contribution in [3.05, 3.63) is 46.5 Å². The number of hydrogen-bond acceptors (Lipinski definition) is 6. The Hall–Kier alpha value is -1.64. The van der Waals surface area contributed by atoms with Crippen molar-refractivity contribution in [2.45, 2.75) is 25.6 Å². The van der Waals surface area contributed by atoms with Gasteiger partial charge in [-0.05, 0) is 30.0 Å². The monoisotopic (exact) mass is 382 g/mol. The molecule has 1 aliphatic rings. The summed E-state index contributed by atoms with van der Waals surface area (Å²) < 4.78 is 28.7. The van der Waals surface area contributed by atoms with E-state index in [1.807, 2.05) is 34.5 Å². The highest BCUT2D eigenvalue weighted by Crippen LogP contribution is 2.18. The molecule has 3 heterocycles. The second-order valence-corrected chi connectivity index (χ2v) is 9.63. The summed E-state index contributed by atoms with van der Waals surface area (Å²) in [5.41, 5.74) is 0. The molecule has 1 saturated heterocycles. The quantitative estimate of drug-likeness (QED) is 0.732. The van der Waals surface area contributed by atoms with E-state index in [1.54, 1.807) is 29.5 Å². The number of nitrogens with zero attached hydrogens (tertiary/aromatic N) is 2. The second kappa shape index (κ2) is 7.72. The maximum atomic E-state index is 12.7.